The second-order valence-electron chi connectivity index (χ2n) is 7.13. The zero-order valence-corrected chi connectivity index (χ0v) is 17.6. The summed E-state index contributed by atoms with van der Waals surface area (Å²) in [5.41, 5.74) is 1.81. The van der Waals surface area contributed by atoms with Crippen LogP contribution in [0.25, 0.3) is 10.9 Å². The van der Waals surface area contributed by atoms with Crippen molar-refractivity contribution in [2.45, 2.75) is 38.0 Å². The summed E-state index contributed by atoms with van der Waals surface area (Å²) in [7, 11) is 0. The third-order valence-corrected chi connectivity index (χ3v) is 6.06. The minimum Gasteiger partial charge on any atom is -0.324 e. The van der Waals surface area contributed by atoms with Gasteiger partial charge < -0.3 is 10.2 Å². The Morgan fingerprint density at radius 1 is 1.17 bits per heavy atom. The van der Waals surface area contributed by atoms with Crippen LogP contribution >= 0.6 is 11.8 Å². The number of benzene rings is 2. The summed E-state index contributed by atoms with van der Waals surface area (Å²) in [5.74, 6) is -0.145. The minimum atomic E-state index is -0.278. The van der Waals surface area contributed by atoms with Gasteiger partial charge in [0, 0.05) is 19.0 Å². The SMILES string of the molecule is CCn1c(SCC(=O)N2c3ccccc3NC(=O)CC2C)nc2ccccc2c1=O. The Balaban J connectivity index is 1.64. The number of para-hydroxylation sites is 3. The molecule has 0 spiro atoms. The third-order valence-electron chi connectivity index (χ3n) is 5.10. The third kappa shape index (κ3) is 3.70. The van der Waals surface area contributed by atoms with Crippen molar-refractivity contribution in [3.63, 3.8) is 0 Å². The number of rotatable bonds is 4. The second kappa shape index (κ2) is 8.31. The predicted octanol–water partition coefficient (Wildman–Crippen LogP) is 3.27. The highest BCUT2D eigenvalue weighted by atomic mass is 32.2. The van der Waals surface area contributed by atoms with Gasteiger partial charge in [-0.3, -0.25) is 19.0 Å². The summed E-state index contributed by atoms with van der Waals surface area (Å²) in [6.45, 7) is 4.21. The molecule has 2 amide bonds. The van der Waals surface area contributed by atoms with Crippen LogP contribution in [0.1, 0.15) is 20.3 Å². The molecule has 3 aromatic rings. The van der Waals surface area contributed by atoms with Crippen LogP contribution in [0.3, 0.4) is 0 Å². The topological polar surface area (TPSA) is 84.3 Å². The van der Waals surface area contributed by atoms with E-state index in [1.807, 2.05) is 44.2 Å². The molecular weight excluding hydrogens is 400 g/mol. The normalized spacial score (nSPS) is 16.1. The van der Waals surface area contributed by atoms with Crippen LogP contribution in [0.5, 0.6) is 0 Å². The molecule has 7 nitrogen and oxygen atoms in total. The molecule has 0 bridgehead atoms. The highest BCUT2D eigenvalue weighted by molar-refractivity contribution is 7.99. The van der Waals surface area contributed by atoms with Crippen molar-refractivity contribution >= 4 is 45.9 Å². The van der Waals surface area contributed by atoms with Crippen LogP contribution in [0.15, 0.2) is 58.5 Å². The monoisotopic (exact) mass is 422 g/mol. The van der Waals surface area contributed by atoms with E-state index in [9.17, 15) is 14.4 Å². The van der Waals surface area contributed by atoms with Gasteiger partial charge in [0.25, 0.3) is 5.56 Å². The molecule has 0 radical (unpaired) electrons. The van der Waals surface area contributed by atoms with Crippen molar-refractivity contribution in [3.05, 3.63) is 58.9 Å². The maximum atomic E-state index is 13.2. The van der Waals surface area contributed by atoms with E-state index in [-0.39, 0.29) is 35.6 Å². The van der Waals surface area contributed by atoms with Crippen LogP contribution < -0.4 is 15.8 Å². The number of nitrogens with zero attached hydrogens (tertiary/aromatic N) is 3. The number of hydrogen-bond acceptors (Lipinski definition) is 5. The van der Waals surface area contributed by atoms with Crippen LogP contribution in [0.2, 0.25) is 0 Å². The molecule has 2 heterocycles. The molecule has 2 aromatic carbocycles. The van der Waals surface area contributed by atoms with E-state index in [0.29, 0.717) is 34.0 Å². The van der Waals surface area contributed by atoms with Gasteiger partial charge in [0.05, 0.1) is 28.0 Å². The molecule has 0 aliphatic carbocycles. The quantitative estimate of drug-likeness (QED) is 0.515. The van der Waals surface area contributed by atoms with E-state index in [1.165, 1.54) is 11.8 Å². The fraction of sp³-hybridized carbons (Fsp3) is 0.273. The Morgan fingerprint density at radius 3 is 2.70 bits per heavy atom. The number of nitrogens with one attached hydrogen (secondary N) is 1. The first-order chi connectivity index (χ1) is 14.5. The molecule has 154 valence electrons. The van der Waals surface area contributed by atoms with Crippen molar-refractivity contribution in [2.24, 2.45) is 0 Å². The molecule has 0 saturated heterocycles. The highest BCUT2D eigenvalue weighted by Gasteiger charge is 2.29. The molecule has 0 saturated carbocycles. The first kappa shape index (κ1) is 20.2. The minimum absolute atomic E-state index is 0.109. The number of hydrogen-bond donors (Lipinski definition) is 1. The van der Waals surface area contributed by atoms with Crippen molar-refractivity contribution in [3.8, 4) is 0 Å². The number of thioether (sulfide) groups is 1. The Kier molecular flexibility index (Phi) is 5.59. The lowest BCUT2D eigenvalue weighted by atomic mass is 10.2. The van der Waals surface area contributed by atoms with Crippen molar-refractivity contribution < 1.29 is 9.59 Å². The highest BCUT2D eigenvalue weighted by Crippen LogP contribution is 2.32. The second-order valence-corrected chi connectivity index (χ2v) is 8.07. The number of fused-ring (bicyclic) bond motifs is 2. The summed E-state index contributed by atoms with van der Waals surface area (Å²) < 4.78 is 1.59. The van der Waals surface area contributed by atoms with E-state index in [1.54, 1.807) is 27.7 Å². The van der Waals surface area contributed by atoms with Gasteiger partial charge in [-0.25, -0.2) is 4.98 Å². The standard InChI is InChI=1S/C22H22N4O3S/c1-3-25-21(29)15-8-4-5-9-16(15)24-22(25)30-13-20(28)26-14(2)12-19(27)23-17-10-6-7-11-18(17)26/h4-11,14H,3,12-13H2,1-2H3,(H,23,27). The van der Waals surface area contributed by atoms with Crippen molar-refractivity contribution in [1.82, 2.24) is 9.55 Å². The lowest BCUT2D eigenvalue weighted by molar-refractivity contribution is -0.117. The molecule has 0 fully saturated rings. The summed E-state index contributed by atoms with van der Waals surface area (Å²) in [5, 5.41) is 3.94. The maximum absolute atomic E-state index is 13.2. The van der Waals surface area contributed by atoms with Gasteiger partial charge in [-0.1, -0.05) is 36.0 Å². The number of carbonyl (C=O) groups excluding carboxylic acids is 2. The van der Waals surface area contributed by atoms with E-state index in [0.717, 1.165) is 0 Å². The van der Waals surface area contributed by atoms with E-state index < -0.39 is 0 Å². The van der Waals surface area contributed by atoms with Crippen LogP contribution in [-0.2, 0) is 16.1 Å². The maximum Gasteiger partial charge on any atom is 0.262 e. The molecule has 1 aromatic heterocycles. The fourth-order valence-corrected chi connectivity index (χ4v) is 4.62. The summed E-state index contributed by atoms with van der Waals surface area (Å²) in [6.07, 6.45) is 0.221. The van der Waals surface area contributed by atoms with Gasteiger partial charge in [0.2, 0.25) is 11.8 Å². The molecule has 1 N–H and O–H groups in total. The van der Waals surface area contributed by atoms with Gasteiger partial charge in [-0.05, 0) is 38.1 Å². The van der Waals surface area contributed by atoms with E-state index in [2.05, 4.69) is 10.3 Å². The van der Waals surface area contributed by atoms with E-state index >= 15 is 0 Å². The molecule has 30 heavy (non-hydrogen) atoms. The summed E-state index contributed by atoms with van der Waals surface area (Å²) in [6, 6.07) is 14.2. The number of carbonyl (C=O) groups is 2. The lowest BCUT2D eigenvalue weighted by Gasteiger charge is -2.27. The van der Waals surface area contributed by atoms with Gasteiger partial charge in [0.1, 0.15) is 0 Å². The van der Waals surface area contributed by atoms with Gasteiger partial charge in [0.15, 0.2) is 5.16 Å². The molecule has 8 heteroatoms. The Bertz CT molecular complexity index is 1190. The summed E-state index contributed by atoms with van der Waals surface area (Å²) in [4.78, 5) is 44.4. The Morgan fingerprint density at radius 2 is 1.90 bits per heavy atom. The average Bonchev–Trinajstić information content (AvgIpc) is 2.86. The zero-order valence-electron chi connectivity index (χ0n) is 16.8. The van der Waals surface area contributed by atoms with Gasteiger partial charge >= 0.3 is 0 Å². The molecule has 4 rings (SSSR count). The number of amides is 2. The molecular formula is C22H22N4O3S. The molecule has 1 unspecified atom stereocenters. The van der Waals surface area contributed by atoms with Crippen LogP contribution in [-0.4, -0.2) is 33.2 Å². The van der Waals surface area contributed by atoms with E-state index in [4.69, 9.17) is 0 Å². The number of anilines is 2. The summed E-state index contributed by atoms with van der Waals surface area (Å²) >= 11 is 1.24. The molecule has 1 atom stereocenters. The Hall–Kier alpha value is -3.13. The largest absolute Gasteiger partial charge is 0.324 e. The average molecular weight is 423 g/mol. The number of aromatic nitrogens is 2. The van der Waals surface area contributed by atoms with Crippen LogP contribution in [0, 0.1) is 0 Å². The first-order valence-electron chi connectivity index (χ1n) is 9.83. The first-order valence-corrected chi connectivity index (χ1v) is 10.8. The lowest BCUT2D eigenvalue weighted by Crippen LogP contribution is -2.40. The predicted molar refractivity (Wildman–Crippen MR) is 119 cm³/mol. The molecule has 1 aliphatic rings. The van der Waals surface area contributed by atoms with Gasteiger partial charge in [-0.15, -0.1) is 0 Å². The van der Waals surface area contributed by atoms with Gasteiger partial charge in [-0.2, -0.15) is 0 Å². The zero-order chi connectivity index (χ0) is 21.3. The Labute approximate surface area is 178 Å². The van der Waals surface area contributed by atoms with Crippen molar-refractivity contribution in [1.29, 1.82) is 0 Å². The van der Waals surface area contributed by atoms with Crippen molar-refractivity contribution in [2.75, 3.05) is 16.0 Å². The molecule has 1 aliphatic heterocycles. The van der Waals surface area contributed by atoms with Crippen LogP contribution in [0.4, 0.5) is 11.4 Å². The fourth-order valence-electron chi connectivity index (χ4n) is 3.70. The smallest absolute Gasteiger partial charge is 0.262 e.